The molecule has 0 aromatic carbocycles. The zero-order valence-corrected chi connectivity index (χ0v) is 11.7. The Bertz CT molecular complexity index is 334. The van der Waals surface area contributed by atoms with Crippen LogP contribution in [0.25, 0.3) is 0 Å². The van der Waals surface area contributed by atoms with Gasteiger partial charge in [-0.25, -0.2) is 14.2 Å². The maximum Gasteiger partial charge on any atom is 0.507 e. The molecule has 0 spiro atoms. The Morgan fingerprint density at radius 2 is 1.21 bits per heavy atom. The van der Waals surface area contributed by atoms with Crippen LogP contribution >= 0.6 is 7.91 Å². The Labute approximate surface area is 109 Å². The summed E-state index contributed by atoms with van der Waals surface area (Å²) in [6.07, 6.45) is -2.38. The molecule has 19 heavy (non-hydrogen) atoms. The average Bonchev–Trinajstić information content (AvgIpc) is 2.09. The maximum atomic E-state index is 10.8. The molecule has 2 N–H and O–H groups in total. The molecule has 0 heterocycles. The van der Waals surface area contributed by atoms with Gasteiger partial charge in [-0.15, -0.1) is 4.20 Å². The van der Waals surface area contributed by atoms with Crippen LogP contribution in [-0.2, 0) is 14.0 Å². The molecule has 0 fully saturated rings. The lowest BCUT2D eigenvalue weighted by Crippen LogP contribution is -2.09. The fourth-order valence-corrected chi connectivity index (χ4v) is 0.532. The van der Waals surface area contributed by atoms with Gasteiger partial charge in [0.25, 0.3) is 0 Å². The van der Waals surface area contributed by atoms with Crippen molar-refractivity contribution in [3.63, 3.8) is 0 Å². The van der Waals surface area contributed by atoms with Gasteiger partial charge in [0.1, 0.15) is 0 Å². The summed E-state index contributed by atoms with van der Waals surface area (Å²) in [5.41, 5.74) is 0. The molecule has 2 amide bonds. The van der Waals surface area contributed by atoms with Gasteiger partial charge < -0.3 is 9.47 Å². The van der Waals surface area contributed by atoms with Crippen molar-refractivity contribution in [2.24, 2.45) is 10.2 Å². The first-order valence-corrected chi connectivity index (χ1v) is 6.50. The summed E-state index contributed by atoms with van der Waals surface area (Å²) in [6.45, 7) is 6.67. The highest BCUT2D eigenvalue weighted by Crippen LogP contribution is 2.34. The summed E-state index contributed by atoms with van der Waals surface area (Å²) < 4.78 is 28.2. The number of azo groups is 1. The van der Waals surface area contributed by atoms with E-state index in [-0.39, 0.29) is 12.2 Å². The standard InChI is InChI=1S/C8H14N2O4.FH2O3P/c1-5(2)13-7(11)9-10-8(12)14-6(3)4;1-5(2,3)4/h5-6H,1-4H3;(H2,2,3,4). The highest BCUT2D eigenvalue weighted by molar-refractivity contribution is 7.45. The quantitative estimate of drug-likeness (QED) is 0.591. The molecule has 0 bridgehead atoms. The molecule has 0 aliphatic rings. The molecule has 0 radical (unpaired) electrons. The Morgan fingerprint density at radius 3 is 1.37 bits per heavy atom. The van der Waals surface area contributed by atoms with Crippen LogP contribution in [0.5, 0.6) is 0 Å². The molecule has 0 saturated heterocycles. The van der Waals surface area contributed by atoms with Crippen LogP contribution < -0.4 is 0 Å². The van der Waals surface area contributed by atoms with Crippen molar-refractivity contribution in [2.45, 2.75) is 39.9 Å². The fraction of sp³-hybridized carbons (Fsp3) is 0.750. The van der Waals surface area contributed by atoms with Gasteiger partial charge in [0.2, 0.25) is 0 Å². The molecule has 0 aliphatic heterocycles. The van der Waals surface area contributed by atoms with Crippen LogP contribution in [0.4, 0.5) is 13.8 Å². The summed E-state index contributed by atoms with van der Waals surface area (Å²) in [7, 11) is -5.14. The van der Waals surface area contributed by atoms with E-state index in [0.717, 1.165) is 0 Å². The molecular weight excluding hydrogens is 286 g/mol. The predicted molar refractivity (Wildman–Crippen MR) is 61.2 cm³/mol. The van der Waals surface area contributed by atoms with E-state index < -0.39 is 20.1 Å². The third-order valence-corrected chi connectivity index (χ3v) is 0.886. The topological polar surface area (TPSA) is 135 Å². The molecule has 0 rings (SSSR count). The fourth-order valence-electron chi connectivity index (χ4n) is 0.532. The van der Waals surface area contributed by atoms with Crippen molar-refractivity contribution in [1.29, 1.82) is 0 Å². The molecular formula is C8H16FN2O7P. The number of carbonyl (C=O) groups is 2. The van der Waals surface area contributed by atoms with Crippen molar-refractivity contribution >= 4 is 20.1 Å². The minimum atomic E-state index is -5.14. The minimum Gasteiger partial charge on any atom is -0.444 e. The minimum absolute atomic E-state index is 0.289. The Morgan fingerprint density at radius 1 is 1.00 bits per heavy atom. The molecule has 0 atom stereocenters. The Balaban J connectivity index is 0. The van der Waals surface area contributed by atoms with Crippen molar-refractivity contribution in [1.82, 2.24) is 0 Å². The molecule has 0 unspecified atom stereocenters. The second-order valence-corrected chi connectivity index (χ2v) is 4.48. The number of hydrogen-bond acceptors (Lipinski definition) is 5. The second kappa shape index (κ2) is 9.54. The lowest BCUT2D eigenvalue weighted by atomic mass is 10.5. The number of nitrogens with zero attached hydrogens (tertiary/aromatic N) is 2. The van der Waals surface area contributed by atoms with E-state index in [0.29, 0.717) is 0 Å². The normalized spacial score (nSPS) is 11.2. The zero-order valence-electron chi connectivity index (χ0n) is 10.8. The molecule has 0 aromatic heterocycles. The van der Waals surface area contributed by atoms with Crippen LogP contribution in [0, 0.1) is 0 Å². The van der Waals surface area contributed by atoms with Gasteiger partial charge in [0.15, 0.2) is 0 Å². The second-order valence-electron chi connectivity index (χ2n) is 3.54. The number of amides is 2. The Hall–Kier alpha value is -1.38. The monoisotopic (exact) mass is 302 g/mol. The summed E-state index contributed by atoms with van der Waals surface area (Å²) in [5, 5.41) is 6.01. The highest BCUT2D eigenvalue weighted by Gasteiger charge is 2.06. The van der Waals surface area contributed by atoms with Gasteiger partial charge >= 0.3 is 20.1 Å². The molecule has 0 aromatic rings. The summed E-state index contributed by atoms with van der Waals surface area (Å²) in [6, 6.07) is 0. The molecule has 11 heteroatoms. The van der Waals surface area contributed by atoms with E-state index >= 15 is 0 Å². The first-order valence-electron chi connectivity index (χ1n) is 5.00. The van der Waals surface area contributed by atoms with E-state index in [1.807, 2.05) is 0 Å². The maximum absolute atomic E-state index is 10.8. The number of carbonyl (C=O) groups excluding carboxylic acids is 2. The molecule has 9 nitrogen and oxygen atoms in total. The van der Waals surface area contributed by atoms with E-state index in [4.69, 9.17) is 14.4 Å². The zero-order chi connectivity index (χ0) is 15.6. The number of halogens is 1. The third kappa shape index (κ3) is 26.3. The number of hydrogen-bond donors (Lipinski definition) is 2. The number of ether oxygens (including phenoxy) is 2. The molecule has 0 saturated carbocycles. The van der Waals surface area contributed by atoms with E-state index in [9.17, 15) is 13.8 Å². The van der Waals surface area contributed by atoms with Gasteiger partial charge in [-0.3, -0.25) is 9.79 Å². The third-order valence-electron chi connectivity index (χ3n) is 0.886. The highest BCUT2D eigenvalue weighted by atomic mass is 31.2. The van der Waals surface area contributed by atoms with Crippen molar-refractivity contribution in [3.8, 4) is 0 Å². The lowest BCUT2D eigenvalue weighted by Gasteiger charge is -2.03. The molecule has 112 valence electrons. The lowest BCUT2D eigenvalue weighted by molar-refractivity contribution is 0.115. The summed E-state index contributed by atoms with van der Waals surface area (Å²) >= 11 is 0. The van der Waals surface area contributed by atoms with Gasteiger partial charge in [-0.05, 0) is 27.7 Å². The van der Waals surface area contributed by atoms with Gasteiger partial charge in [0.05, 0.1) is 12.2 Å². The van der Waals surface area contributed by atoms with Crippen molar-refractivity contribution in [2.75, 3.05) is 0 Å². The van der Waals surface area contributed by atoms with E-state index in [1.165, 1.54) is 0 Å². The van der Waals surface area contributed by atoms with Crippen LogP contribution in [0.2, 0.25) is 0 Å². The first-order chi connectivity index (χ1) is 8.41. The summed E-state index contributed by atoms with van der Waals surface area (Å²) in [5.74, 6) is 0. The van der Waals surface area contributed by atoms with E-state index in [1.54, 1.807) is 27.7 Å². The predicted octanol–water partition coefficient (Wildman–Crippen LogP) is 2.58. The van der Waals surface area contributed by atoms with Gasteiger partial charge in [0, 0.05) is 0 Å². The van der Waals surface area contributed by atoms with Crippen molar-refractivity contribution in [3.05, 3.63) is 0 Å². The smallest absolute Gasteiger partial charge is 0.444 e. The van der Waals surface area contributed by atoms with Crippen LogP contribution in [0.3, 0.4) is 0 Å². The van der Waals surface area contributed by atoms with Crippen LogP contribution in [0.15, 0.2) is 10.2 Å². The largest absolute Gasteiger partial charge is 0.507 e. The van der Waals surface area contributed by atoms with Gasteiger partial charge in [-0.1, -0.05) is 10.2 Å². The Kier molecular flexibility index (Phi) is 10.0. The first kappa shape index (κ1) is 19.9. The summed E-state index contributed by atoms with van der Waals surface area (Å²) in [4.78, 5) is 35.4. The average molecular weight is 302 g/mol. The SMILES string of the molecule is CC(C)OC(=O)N=NC(=O)OC(C)C.O=P(O)(O)F. The van der Waals surface area contributed by atoms with Gasteiger partial charge in [-0.2, -0.15) is 0 Å². The van der Waals surface area contributed by atoms with Crippen LogP contribution in [-0.4, -0.2) is 34.2 Å². The van der Waals surface area contributed by atoms with Crippen molar-refractivity contribution < 1.29 is 37.6 Å². The molecule has 0 aliphatic carbocycles. The van der Waals surface area contributed by atoms with Crippen LogP contribution in [0.1, 0.15) is 27.7 Å². The number of rotatable bonds is 2. The van der Waals surface area contributed by atoms with E-state index in [2.05, 4.69) is 19.7 Å².